The molecule has 116 valence electrons. The van der Waals surface area contributed by atoms with Crippen molar-refractivity contribution in [3.8, 4) is 0 Å². The Kier molecular flexibility index (Phi) is 6.71. The molecule has 0 saturated heterocycles. The van der Waals surface area contributed by atoms with Crippen molar-refractivity contribution in [3.05, 3.63) is 17.9 Å². The summed E-state index contributed by atoms with van der Waals surface area (Å²) in [5.74, 6) is 0.625. The molecule has 1 heterocycles. The molecule has 1 unspecified atom stereocenters. The Morgan fingerprint density at radius 1 is 1.25 bits per heavy atom. The molecule has 1 aromatic rings. The zero-order chi connectivity index (χ0) is 15.2. The van der Waals surface area contributed by atoms with E-state index in [1.807, 2.05) is 20.8 Å². The molecule has 0 bridgehead atoms. The van der Waals surface area contributed by atoms with Gasteiger partial charge in [0.25, 0.3) is 10.0 Å². The molecule has 0 fully saturated rings. The van der Waals surface area contributed by atoms with E-state index in [4.69, 9.17) is 4.42 Å². The predicted molar refractivity (Wildman–Crippen MR) is 80.0 cm³/mol. The van der Waals surface area contributed by atoms with Gasteiger partial charge < -0.3 is 9.73 Å². The SMILES string of the molecule is CCCCC(C)NS(=O)(=O)c1ccc(CNC(C)C)o1. The van der Waals surface area contributed by atoms with Crippen LogP contribution in [0.5, 0.6) is 0 Å². The molecule has 0 radical (unpaired) electrons. The number of hydrogen-bond donors (Lipinski definition) is 2. The first-order valence-corrected chi connectivity index (χ1v) is 8.68. The zero-order valence-corrected chi connectivity index (χ0v) is 13.6. The fourth-order valence-corrected chi connectivity index (χ4v) is 3.02. The van der Waals surface area contributed by atoms with Crippen LogP contribution in [-0.2, 0) is 16.6 Å². The number of hydrogen-bond acceptors (Lipinski definition) is 4. The third kappa shape index (κ3) is 5.64. The normalized spacial score (nSPS) is 13.8. The second-order valence-corrected chi connectivity index (χ2v) is 7.07. The molecular weight excluding hydrogens is 276 g/mol. The Hall–Kier alpha value is -0.850. The standard InChI is InChI=1S/C14H26N2O3S/c1-5-6-7-12(4)16-20(17,18)14-9-8-13(19-14)10-15-11(2)3/h8-9,11-12,15-16H,5-7,10H2,1-4H3. The van der Waals surface area contributed by atoms with E-state index in [2.05, 4.69) is 17.0 Å². The van der Waals surface area contributed by atoms with Gasteiger partial charge in [0.15, 0.2) is 0 Å². The molecule has 1 atom stereocenters. The maximum absolute atomic E-state index is 12.1. The van der Waals surface area contributed by atoms with E-state index in [0.717, 1.165) is 19.3 Å². The van der Waals surface area contributed by atoms with Gasteiger partial charge in [0.05, 0.1) is 6.54 Å². The van der Waals surface area contributed by atoms with E-state index in [1.54, 1.807) is 6.07 Å². The number of nitrogens with one attached hydrogen (secondary N) is 2. The first kappa shape index (κ1) is 17.2. The van der Waals surface area contributed by atoms with Crippen molar-refractivity contribution in [2.75, 3.05) is 0 Å². The van der Waals surface area contributed by atoms with Gasteiger partial charge in [-0.05, 0) is 25.5 Å². The average molecular weight is 302 g/mol. The Balaban J connectivity index is 2.63. The van der Waals surface area contributed by atoms with E-state index >= 15 is 0 Å². The summed E-state index contributed by atoms with van der Waals surface area (Å²) in [6.07, 6.45) is 2.89. The quantitative estimate of drug-likeness (QED) is 0.735. The average Bonchev–Trinajstić information content (AvgIpc) is 2.83. The largest absolute Gasteiger partial charge is 0.447 e. The third-order valence-electron chi connectivity index (χ3n) is 2.93. The third-order valence-corrected chi connectivity index (χ3v) is 4.40. The highest BCUT2D eigenvalue weighted by Gasteiger charge is 2.21. The highest BCUT2D eigenvalue weighted by atomic mass is 32.2. The molecule has 0 aliphatic heterocycles. The zero-order valence-electron chi connectivity index (χ0n) is 12.8. The molecule has 5 nitrogen and oxygen atoms in total. The molecule has 1 aromatic heterocycles. The van der Waals surface area contributed by atoms with Crippen LogP contribution >= 0.6 is 0 Å². The first-order chi connectivity index (χ1) is 9.35. The van der Waals surface area contributed by atoms with Crippen LogP contribution in [0.15, 0.2) is 21.6 Å². The number of furan rings is 1. The van der Waals surface area contributed by atoms with E-state index < -0.39 is 10.0 Å². The number of sulfonamides is 1. The fraction of sp³-hybridized carbons (Fsp3) is 0.714. The number of rotatable bonds is 9. The van der Waals surface area contributed by atoms with Crippen molar-refractivity contribution in [2.45, 2.75) is 70.7 Å². The van der Waals surface area contributed by atoms with Crippen molar-refractivity contribution < 1.29 is 12.8 Å². The van der Waals surface area contributed by atoms with Crippen LogP contribution in [0.2, 0.25) is 0 Å². The van der Waals surface area contributed by atoms with Gasteiger partial charge in [-0.25, -0.2) is 13.1 Å². The van der Waals surface area contributed by atoms with Gasteiger partial charge in [-0.15, -0.1) is 0 Å². The summed E-state index contributed by atoms with van der Waals surface area (Å²) in [7, 11) is -3.55. The minimum atomic E-state index is -3.55. The van der Waals surface area contributed by atoms with Crippen LogP contribution < -0.4 is 10.0 Å². The minimum Gasteiger partial charge on any atom is -0.447 e. The summed E-state index contributed by atoms with van der Waals surface area (Å²) in [6.45, 7) is 8.53. The first-order valence-electron chi connectivity index (χ1n) is 7.19. The molecule has 6 heteroatoms. The van der Waals surface area contributed by atoms with Crippen LogP contribution in [0, 0.1) is 0 Å². The lowest BCUT2D eigenvalue weighted by Crippen LogP contribution is -2.32. The maximum Gasteiger partial charge on any atom is 0.274 e. The van der Waals surface area contributed by atoms with Crippen LogP contribution in [0.4, 0.5) is 0 Å². The Bertz CT molecular complexity index is 494. The van der Waals surface area contributed by atoms with Crippen molar-refractivity contribution in [3.63, 3.8) is 0 Å². The second-order valence-electron chi connectivity index (χ2n) is 5.42. The Labute approximate surface area is 122 Å². The molecular formula is C14H26N2O3S. The van der Waals surface area contributed by atoms with Gasteiger partial charge >= 0.3 is 0 Å². The number of unbranched alkanes of at least 4 members (excludes halogenated alkanes) is 1. The van der Waals surface area contributed by atoms with Crippen molar-refractivity contribution >= 4 is 10.0 Å². The van der Waals surface area contributed by atoms with Crippen LogP contribution in [0.25, 0.3) is 0 Å². The summed E-state index contributed by atoms with van der Waals surface area (Å²) in [4.78, 5) is 0. The maximum atomic E-state index is 12.1. The van der Waals surface area contributed by atoms with E-state index in [0.29, 0.717) is 18.3 Å². The summed E-state index contributed by atoms with van der Waals surface area (Å²) in [5.41, 5.74) is 0. The fourth-order valence-electron chi connectivity index (χ4n) is 1.79. The van der Waals surface area contributed by atoms with Crippen LogP contribution in [-0.4, -0.2) is 20.5 Å². The van der Waals surface area contributed by atoms with Gasteiger partial charge in [-0.3, -0.25) is 0 Å². The lowest BCUT2D eigenvalue weighted by molar-refractivity contribution is 0.391. The van der Waals surface area contributed by atoms with Gasteiger partial charge in [0.2, 0.25) is 5.09 Å². The van der Waals surface area contributed by atoms with Gasteiger partial charge in [-0.1, -0.05) is 33.6 Å². The smallest absolute Gasteiger partial charge is 0.274 e. The van der Waals surface area contributed by atoms with E-state index in [1.165, 1.54) is 6.07 Å². The highest BCUT2D eigenvalue weighted by Crippen LogP contribution is 2.15. The lowest BCUT2D eigenvalue weighted by atomic mass is 10.2. The van der Waals surface area contributed by atoms with Crippen molar-refractivity contribution in [1.29, 1.82) is 0 Å². The topological polar surface area (TPSA) is 71.3 Å². The molecule has 0 saturated carbocycles. The van der Waals surface area contributed by atoms with Crippen molar-refractivity contribution in [2.24, 2.45) is 0 Å². The monoisotopic (exact) mass is 302 g/mol. The minimum absolute atomic E-state index is 0.0126. The lowest BCUT2D eigenvalue weighted by Gasteiger charge is -2.12. The van der Waals surface area contributed by atoms with Gasteiger partial charge in [0, 0.05) is 12.1 Å². The summed E-state index contributed by atoms with van der Waals surface area (Å²) in [6, 6.07) is 3.45. The Morgan fingerprint density at radius 2 is 1.95 bits per heavy atom. The van der Waals surface area contributed by atoms with Crippen molar-refractivity contribution in [1.82, 2.24) is 10.0 Å². The molecule has 1 rings (SSSR count). The summed E-state index contributed by atoms with van der Waals surface area (Å²) < 4.78 is 32.3. The van der Waals surface area contributed by atoms with Crippen LogP contribution in [0.3, 0.4) is 0 Å². The molecule has 0 aromatic carbocycles. The second kappa shape index (κ2) is 7.81. The molecule has 0 aliphatic rings. The van der Waals surface area contributed by atoms with Gasteiger partial charge in [-0.2, -0.15) is 0 Å². The molecule has 2 N–H and O–H groups in total. The summed E-state index contributed by atoms with van der Waals surface area (Å²) in [5, 5.41) is 3.17. The molecule has 20 heavy (non-hydrogen) atoms. The molecule has 0 spiro atoms. The molecule has 0 amide bonds. The van der Waals surface area contributed by atoms with Crippen LogP contribution in [0.1, 0.15) is 52.7 Å². The Morgan fingerprint density at radius 3 is 2.55 bits per heavy atom. The van der Waals surface area contributed by atoms with E-state index in [-0.39, 0.29) is 11.1 Å². The van der Waals surface area contributed by atoms with E-state index in [9.17, 15) is 8.42 Å². The van der Waals surface area contributed by atoms with Gasteiger partial charge in [0.1, 0.15) is 5.76 Å². The highest BCUT2D eigenvalue weighted by molar-refractivity contribution is 7.89. The summed E-state index contributed by atoms with van der Waals surface area (Å²) >= 11 is 0. The molecule has 0 aliphatic carbocycles. The predicted octanol–water partition coefficient (Wildman–Crippen LogP) is 2.63.